The van der Waals surface area contributed by atoms with Crippen LogP contribution in [0.15, 0.2) is 65.8 Å². The molecule has 0 fully saturated rings. The van der Waals surface area contributed by atoms with Crippen molar-refractivity contribution in [2.45, 2.75) is 6.42 Å². The topological polar surface area (TPSA) is 38.7 Å². The first kappa shape index (κ1) is 22.8. The van der Waals surface area contributed by atoms with Gasteiger partial charge in [-0.3, -0.25) is 0 Å². The van der Waals surface area contributed by atoms with Crippen molar-refractivity contribution in [2.24, 2.45) is 5.16 Å². The van der Waals surface area contributed by atoms with Crippen LogP contribution >= 0.6 is 0 Å². The van der Waals surface area contributed by atoms with Gasteiger partial charge in [-0.05, 0) is 28.6 Å². The van der Waals surface area contributed by atoms with Gasteiger partial charge in [0.2, 0.25) is 0 Å². The Morgan fingerprint density at radius 3 is 1.81 bits per heavy atom. The molecule has 0 spiro atoms. The quantitative estimate of drug-likeness (QED) is 0.174. The van der Waals surface area contributed by atoms with Crippen LogP contribution in [-0.4, -0.2) is 37.2 Å². The van der Waals surface area contributed by atoms with Crippen molar-refractivity contribution in [3.8, 4) is 0 Å². The third-order valence-corrected chi connectivity index (χ3v) is 4.12. The van der Waals surface area contributed by atoms with Gasteiger partial charge in [-0.1, -0.05) is 53.7 Å². The Kier molecular flexibility index (Phi) is 9.64. The van der Waals surface area contributed by atoms with Crippen molar-refractivity contribution in [3.05, 3.63) is 71.8 Å². The molecule has 27 heavy (non-hydrogen) atoms. The van der Waals surface area contributed by atoms with Gasteiger partial charge in [-0.15, -0.1) is 0 Å². The van der Waals surface area contributed by atoms with Gasteiger partial charge in [0.15, 0.2) is 0 Å². The summed E-state index contributed by atoms with van der Waals surface area (Å²) in [6.45, 7) is 0. The number of benzene rings is 2. The lowest BCUT2D eigenvalue weighted by atomic mass is 10.1. The number of rotatable bonds is 6. The summed E-state index contributed by atoms with van der Waals surface area (Å²) in [6.07, 6.45) is 5.18. The molecule has 0 amide bonds. The Bertz CT molecular complexity index is 719. The molecule has 0 aliphatic heterocycles. The maximum Gasteiger partial charge on any atom is 0.673 e. The second-order valence-corrected chi connectivity index (χ2v) is 7.96. The zero-order valence-corrected chi connectivity index (χ0v) is 15.8. The molecule has 0 saturated carbocycles. The molecule has 0 N–H and O–H groups in total. The fraction of sp³-hybridized carbons (Fsp3) is 0.222. The molecule has 3 nitrogen and oxygen atoms in total. The Morgan fingerprint density at radius 2 is 1.37 bits per heavy atom. The monoisotopic (exact) mass is 401 g/mol. The average Bonchev–Trinajstić information content (AvgIpc) is 2.61. The molecule has 2 aromatic rings. The molecule has 0 saturated heterocycles. The molecular formula is C18H20BF4NO2S. The molecule has 0 aromatic heterocycles. The van der Waals surface area contributed by atoms with Gasteiger partial charge in [-0.25, -0.2) is 4.79 Å². The van der Waals surface area contributed by atoms with Crippen LogP contribution in [0.4, 0.5) is 17.3 Å². The van der Waals surface area contributed by atoms with Crippen molar-refractivity contribution in [3.63, 3.8) is 0 Å². The predicted molar refractivity (Wildman–Crippen MR) is 104 cm³/mol. The molecule has 0 heterocycles. The minimum atomic E-state index is -6.00. The van der Waals surface area contributed by atoms with E-state index in [0.29, 0.717) is 16.5 Å². The number of halogens is 4. The zero-order chi connectivity index (χ0) is 20.3. The maximum absolute atomic E-state index is 12.0. The van der Waals surface area contributed by atoms with Gasteiger partial charge < -0.3 is 22.1 Å². The van der Waals surface area contributed by atoms with Crippen molar-refractivity contribution in [1.29, 1.82) is 0 Å². The average molecular weight is 401 g/mol. The number of oxime groups is 1. The SMILES string of the molecule is C[S+](C)CCC(=NOC(=O)c1ccccc1)c1ccccc1.F[B-](F)(F)F. The van der Waals surface area contributed by atoms with Crippen LogP contribution < -0.4 is 0 Å². The summed E-state index contributed by atoms with van der Waals surface area (Å²) < 4.78 is 39.0. The third-order valence-electron chi connectivity index (χ3n) is 3.10. The summed E-state index contributed by atoms with van der Waals surface area (Å²) in [5, 5.41) is 4.11. The normalized spacial score (nSPS) is 11.6. The van der Waals surface area contributed by atoms with Crippen LogP contribution in [0.3, 0.4) is 0 Å². The molecule has 0 radical (unpaired) electrons. The van der Waals surface area contributed by atoms with Gasteiger partial charge in [0.05, 0.1) is 23.8 Å². The smallest absolute Gasteiger partial charge is 0.418 e. The Hall–Kier alpha value is -2.29. The van der Waals surface area contributed by atoms with Gasteiger partial charge in [0, 0.05) is 6.42 Å². The van der Waals surface area contributed by atoms with E-state index in [9.17, 15) is 22.1 Å². The highest BCUT2D eigenvalue weighted by molar-refractivity contribution is 7.95. The summed E-state index contributed by atoms with van der Waals surface area (Å²) >= 11 is 0. The highest BCUT2D eigenvalue weighted by atomic mass is 32.2. The molecular weight excluding hydrogens is 381 g/mol. The summed E-state index contributed by atoms with van der Waals surface area (Å²) in [7, 11) is -5.68. The van der Waals surface area contributed by atoms with Crippen LogP contribution in [-0.2, 0) is 15.7 Å². The van der Waals surface area contributed by atoms with E-state index in [4.69, 9.17) is 4.84 Å². The highest BCUT2D eigenvalue weighted by Crippen LogP contribution is 2.09. The molecule has 0 atom stereocenters. The van der Waals surface area contributed by atoms with Crippen molar-refractivity contribution >= 4 is 29.8 Å². The molecule has 2 rings (SSSR count). The summed E-state index contributed by atoms with van der Waals surface area (Å²) in [5.74, 6) is 0.595. The van der Waals surface area contributed by atoms with Gasteiger partial charge in [-0.2, -0.15) is 0 Å². The first-order chi connectivity index (χ1) is 12.7. The summed E-state index contributed by atoms with van der Waals surface area (Å²) in [5.41, 5.74) is 2.31. The lowest BCUT2D eigenvalue weighted by molar-refractivity contribution is 0.0516. The van der Waals surface area contributed by atoms with E-state index in [-0.39, 0.29) is 0 Å². The molecule has 0 unspecified atom stereocenters. The van der Waals surface area contributed by atoms with Gasteiger partial charge >= 0.3 is 13.2 Å². The van der Waals surface area contributed by atoms with Crippen LogP contribution in [0.1, 0.15) is 22.3 Å². The zero-order valence-electron chi connectivity index (χ0n) is 14.9. The fourth-order valence-corrected chi connectivity index (χ4v) is 2.50. The molecule has 0 aliphatic rings. The number of carbonyl (C=O) groups excluding carboxylic acids is 1. The molecule has 0 bridgehead atoms. The lowest BCUT2D eigenvalue weighted by Crippen LogP contribution is -2.12. The van der Waals surface area contributed by atoms with Crippen LogP contribution in [0, 0.1) is 0 Å². The summed E-state index contributed by atoms with van der Waals surface area (Å²) in [4.78, 5) is 17.1. The first-order valence-corrected chi connectivity index (χ1v) is 10.2. The van der Waals surface area contributed by atoms with E-state index in [1.165, 1.54) is 0 Å². The highest BCUT2D eigenvalue weighted by Gasteiger charge is 2.20. The summed E-state index contributed by atoms with van der Waals surface area (Å²) in [6, 6.07) is 18.8. The van der Waals surface area contributed by atoms with E-state index in [0.717, 1.165) is 23.4 Å². The molecule has 9 heteroatoms. The molecule has 2 aromatic carbocycles. The molecule has 146 valence electrons. The van der Waals surface area contributed by atoms with Crippen LogP contribution in [0.2, 0.25) is 0 Å². The number of carbonyl (C=O) groups is 1. The van der Waals surface area contributed by atoms with Crippen molar-refractivity contribution in [2.75, 3.05) is 18.3 Å². The van der Waals surface area contributed by atoms with E-state index >= 15 is 0 Å². The number of hydrogen-bond acceptors (Lipinski definition) is 3. The van der Waals surface area contributed by atoms with Crippen LogP contribution in [0.5, 0.6) is 0 Å². The maximum atomic E-state index is 12.0. The van der Waals surface area contributed by atoms with E-state index in [1.54, 1.807) is 24.3 Å². The Labute approximate surface area is 158 Å². The van der Waals surface area contributed by atoms with Crippen LogP contribution in [0.25, 0.3) is 0 Å². The van der Waals surface area contributed by atoms with E-state index < -0.39 is 13.2 Å². The van der Waals surface area contributed by atoms with E-state index in [1.807, 2.05) is 36.4 Å². The second kappa shape index (κ2) is 11.4. The van der Waals surface area contributed by atoms with E-state index in [2.05, 4.69) is 17.7 Å². The number of hydrogen-bond donors (Lipinski definition) is 0. The van der Waals surface area contributed by atoms with Gasteiger partial charge in [0.25, 0.3) is 0 Å². The largest absolute Gasteiger partial charge is 0.673 e. The standard InChI is InChI=1S/C18H20NO2S.BF4/c1-22(2)14-13-17(15-9-5-3-6-10-15)19-21-18(20)16-11-7-4-8-12-16;2-1(3,4)5/h3-12H,13-14H2,1-2H3;/q+1;-1. The van der Waals surface area contributed by atoms with Crippen molar-refractivity contribution in [1.82, 2.24) is 0 Å². The first-order valence-electron chi connectivity index (χ1n) is 7.97. The van der Waals surface area contributed by atoms with Crippen molar-refractivity contribution < 1.29 is 26.9 Å². The second-order valence-electron chi connectivity index (χ2n) is 5.58. The van der Waals surface area contributed by atoms with Gasteiger partial charge in [0.1, 0.15) is 5.75 Å². The minimum Gasteiger partial charge on any atom is -0.418 e. The fourth-order valence-electron chi connectivity index (χ4n) is 1.90. The third kappa shape index (κ3) is 11.1. The lowest BCUT2D eigenvalue weighted by Gasteiger charge is -2.05. The predicted octanol–water partition coefficient (Wildman–Crippen LogP) is 4.82. The molecule has 0 aliphatic carbocycles. The minimum absolute atomic E-state index is 0.318. The number of nitrogens with zero attached hydrogens (tertiary/aromatic N) is 1. The Morgan fingerprint density at radius 1 is 0.926 bits per heavy atom. The Balaban J connectivity index is 0.000000646.